The van der Waals surface area contributed by atoms with Crippen LogP contribution >= 0.6 is 0 Å². The van der Waals surface area contributed by atoms with Gasteiger partial charge in [-0.25, -0.2) is 4.79 Å². The van der Waals surface area contributed by atoms with Gasteiger partial charge in [0, 0.05) is 45.9 Å². The van der Waals surface area contributed by atoms with Gasteiger partial charge < -0.3 is 25.5 Å². The van der Waals surface area contributed by atoms with Crippen molar-refractivity contribution in [3.05, 3.63) is 35.9 Å². The predicted octanol–water partition coefficient (Wildman–Crippen LogP) is 1.29. The van der Waals surface area contributed by atoms with E-state index in [1.165, 1.54) is 0 Å². The number of nitrogens with zero attached hydrogens (tertiary/aromatic N) is 2. The van der Waals surface area contributed by atoms with Crippen LogP contribution in [-0.4, -0.2) is 73.9 Å². The van der Waals surface area contributed by atoms with Crippen molar-refractivity contribution in [1.82, 2.24) is 20.4 Å². The molecule has 6 nitrogen and oxygen atoms in total. The van der Waals surface area contributed by atoms with Gasteiger partial charge in [0.05, 0.1) is 6.04 Å². The first-order valence-corrected chi connectivity index (χ1v) is 9.19. The summed E-state index contributed by atoms with van der Waals surface area (Å²) in [5, 5.41) is 15.2. The summed E-state index contributed by atoms with van der Waals surface area (Å²) in [6.07, 6.45) is 0.508. The summed E-state index contributed by atoms with van der Waals surface area (Å²) in [4.78, 5) is 17.0. The third-order valence-corrected chi connectivity index (χ3v) is 4.70. The van der Waals surface area contributed by atoms with Crippen molar-refractivity contribution in [2.45, 2.75) is 19.4 Å². The monoisotopic (exact) mass is 348 g/mol. The van der Waals surface area contributed by atoms with E-state index in [0.717, 1.165) is 38.3 Å². The summed E-state index contributed by atoms with van der Waals surface area (Å²) in [5.74, 6) is 0.405. The summed E-state index contributed by atoms with van der Waals surface area (Å²) >= 11 is 0. The SMILES string of the molecule is CC(CNC(=O)N[C@H](CCO)c1ccccc1)CN1CCN(C)CC1. The minimum absolute atomic E-state index is 0.0413. The number of rotatable bonds is 8. The zero-order chi connectivity index (χ0) is 18.1. The van der Waals surface area contributed by atoms with E-state index in [1.54, 1.807) is 0 Å². The Balaban J connectivity index is 1.73. The lowest BCUT2D eigenvalue weighted by atomic mass is 10.0. The molecule has 140 valence electrons. The predicted molar refractivity (Wildman–Crippen MR) is 101 cm³/mol. The maximum Gasteiger partial charge on any atom is 0.315 e. The molecule has 1 fully saturated rings. The van der Waals surface area contributed by atoms with E-state index < -0.39 is 0 Å². The number of carbonyl (C=O) groups is 1. The lowest BCUT2D eigenvalue weighted by Gasteiger charge is -2.34. The van der Waals surface area contributed by atoms with E-state index >= 15 is 0 Å². The number of benzene rings is 1. The first-order chi connectivity index (χ1) is 12.1. The van der Waals surface area contributed by atoms with E-state index in [0.29, 0.717) is 18.9 Å². The fourth-order valence-electron chi connectivity index (χ4n) is 3.15. The van der Waals surface area contributed by atoms with Crippen molar-refractivity contribution >= 4 is 6.03 Å². The highest BCUT2D eigenvalue weighted by Crippen LogP contribution is 2.15. The Morgan fingerprint density at radius 3 is 2.52 bits per heavy atom. The van der Waals surface area contributed by atoms with Gasteiger partial charge >= 0.3 is 6.03 Å². The smallest absolute Gasteiger partial charge is 0.315 e. The Morgan fingerprint density at radius 1 is 1.20 bits per heavy atom. The Morgan fingerprint density at radius 2 is 1.88 bits per heavy atom. The van der Waals surface area contributed by atoms with Crippen LogP contribution in [0.4, 0.5) is 4.79 Å². The van der Waals surface area contributed by atoms with Gasteiger partial charge in [-0.05, 0) is 24.9 Å². The topological polar surface area (TPSA) is 67.8 Å². The molecular weight excluding hydrogens is 316 g/mol. The standard InChI is InChI=1S/C19H32N4O2/c1-16(15-23-11-9-22(2)10-12-23)14-20-19(25)21-18(8-13-24)17-6-4-3-5-7-17/h3-7,16,18,24H,8-15H2,1-2H3,(H2,20,21,25)/t16?,18-/m1/s1. The van der Waals surface area contributed by atoms with Gasteiger partial charge in [-0.15, -0.1) is 0 Å². The second-order valence-corrected chi connectivity index (χ2v) is 7.04. The maximum atomic E-state index is 12.2. The number of likely N-dealkylation sites (N-methyl/N-ethyl adjacent to an activating group) is 1. The Labute approximate surface area is 151 Å². The van der Waals surface area contributed by atoms with Gasteiger partial charge in [-0.3, -0.25) is 0 Å². The molecule has 1 aliphatic heterocycles. The molecule has 1 heterocycles. The highest BCUT2D eigenvalue weighted by Gasteiger charge is 2.17. The van der Waals surface area contributed by atoms with Crippen molar-refractivity contribution < 1.29 is 9.90 Å². The van der Waals surface area contributed by atoms with Crippen LogP contribution in [0, 0.1) is 5.92 Å². The molecule has 0 aliphatic carbocycles. The lowest BCUT2D eigenvalue weighted by Crippen LogP contribution is -2.47. The second-order valence-electron chi connectivity index (χ2n) is 7.04. The third-order valence-electron chi connectivity index (χ3n) is 4.70. The van der Waals surface area contributed by atoms with E-state index in [2.05, 4.69) is 34.4 Å². The molecule has 0 bridgehead atoms. The highest BCUT2D eigenvalue weighted by atomic mass is 16.3. The molecule has 1 unspecified atom stereocenters. The van der Waals surface area contributed by atoms with Gasteiger partial charge in [-0.1, -0.05) is 37.3 Å². The number of amides is 2. The number of piperazine rings is 1. The number of nitrogens with one attached hydrogen (secondary N) is 2. The lowest BCUT2D eigenvalue weighted by molar-refractivity contribution is 0.138. The van der Waals surface area contributed by atoms with Crippen LogP contribution in [0.15, 0.2) is 30.3 Å². The minimum atomic E-state index is -0.174. The third kappa shape index (κ3) is 7.02. The summed E-state index contributed by atoms with van der Waals surface area (Å²) in [6, 6.07) is 9.42. The second kappa shape index (κ2) is 10.4. The van der Waals surface area contributed by atoms with Gasteiger partial charge in [0.15, 0.2) is 0 Å². The zero-order valence-corrected chi connectivity index (χ0v) is 15.4. The molecule has 1 aromatic rings. The molecule has 0 radical (unpaired) electrons. The molecule has 25 heavy (non-hydrogen) atoms. The number of hydrogen-bond acceptors (Lipinski definition) is 4. The number of urea groups is 1. The van der Waals surface area contributed by atoms with E-state index in [-0.39, 0.29) is 18.7 Å². The normalized spacial score (nSPS) is 18.5. The van der Waals surface area contributed by atoms with Crippen molar-refractivity contribution in [3.8, 4) is 0 Å². The van der Waals surface area contributed by atoms with Gasteiger partial charge in [0.2, 0.25) is 0 Å². The van der Waals surface area contributed by atoms with Crippen LogP contribution in [0.1, 0.15) is 24.9 Å². The van der Waals surface area contributed by atoms with Crippen LogP contribution in [-0.2, 0) is 0 Å². The fourth-order valence-corrected chi connectivity index (χ4v) is 3.15. The summed E-state index contributed by atoms with van der Waals surface area (Å²) in [7, 11) is 2.15. The van der Waals surface area contributed by atoms with Crippen molar-refractivity contribution in [3.63, 3.8) is 0 Å². The van der Waals surface area contributed by atoms with E-state index in [9.17, 15) is 9.90 Å². The molecule has 0 spiro atoms. The minimum Gasteiger partial charge on any atom is -0.396 e. The molecule has 0 saturated carbocycles. The van der Waals surface area contributed by atoms with Gasteiger partial charge in [-0.2, -0.15) is 0 Å². The number of aliphatic hydroxyl groups is 1. The summed E-state index contributed by atoms with van der Waals surface area (Å²) in [5.41, 5.74) is 1.01. The highest BCUT2D eigenvalue weighted by molar-refractivity contribution is 5.74. The first kappa shape index (κ1) is 19.7. The summed E-state index contributed by atoms with van der Waals surface area (Å²) in [6.45, 7) is 8.28. The quantitative estimate of drug-likeness (QED) is 0.662. The zero-order valence-electron chi connectivity index (χ0n) is 15.4. The van der Waals surface area contributed by atoms with E-state index in [1.807, 2.05) is 30.3 Å². The first-order valence-electron chi connectivity index (χ1n) is 9.19. The molecule has 2 atom stereocenters. The summed E-state index contributed by atoms with van der Waals surface area (Å²) < 4.78 is 0. The molecule has 1 aliphatic rings. The van der Waals surface area contributed by atoms with Crippen LogP contribution in [0.3, 0.4) is 0 Å². The van der Waals surface area contributed by atoms with Crippen LogP contribution in [0.5, 0.6) is 0 Å². The number of carbonyl (C=O) groups excluding carboxylic acids is 1. The van der Waals surface area contributed by atoms with E-state index in [4.69, 9.17) is 0 Å². The van der Waals surface area contributed by atoms with Crippen molar-refractivity contribution in [2.75, 3.05) is 52.9 Å². The van der Waals surface area contributed by atoms with Crippen molar-refractivity contribution in [2.24, 2.45) is 5.92 Å². The Hall–Kier alpha value is -1.63. The molecule has 6 heteroatoms. The van der Waals surface area contributed by atoms with Crippen LogP contribution in [0.25, 0.3) is 0 Å². The number of hydrogen-bond donors (Lipinski definition) is 3. The molecule has 1 aromatic carbocycles. The fraction of sp³-hybridized carbons (Fsp3) is 0.632. The van der Waals surface area contributed by atoms with Gasteiger partial charge in [0.1, 0.15) is 0 Å². The Bertz CT molecular complexity index is 503. The molecule has 1 saturated heterocycles. The molecule has 0 aromatic heterocycles. The molecule has 2 rings (SSSR count). The maximum absolute atomic E-state index is 12.2. The Kier molecular flexibility index (Phi) is 8.18. The molecule has 2 amide bonds. The average Bonchev–Trinajstić information content (AvgIpc) is 2.62. The van der Waals surface area contributed by atoms with Crippen LogP contribution in [0.2, 0.25) is 0 Å². The van der Waals surface area contributed by atoms with Crippen LogP contribution < -0.4 is 10.6 Å². The molecular formula is C19H32N4O2. The molecule has 3 N–H and O–H groups in total. The largest absolute Gasteiger partial charge is 0.396 e. The van der Waals surface area contributed by atoms with Crippen molar-refractivity contribution in [1.29, 1.82) is 0 Å². The number of aliphatic hydroxyl groups excluding tert-OH is 1. The average molecular weight is 348 g/mol. The van der Waals surface area contributed by atoms with Gasteiger partial charge in [0.25, 0.3) is 0 Å².